The van der Waals surface area contributed by atoms with Crippen LogP contribution in [0.2, 0.25) is 10.0 Å². The third kappa shape index (κ3) is 8.57. The minimum Gasteiger partial charge on any atom is -0.494 e. The van der Waals surface area contributed by atoms with Crippen molar-refractivity contribution in [1.29, 1.82) is 0 Å². The second-order valence-corrected chi connectivity index (χ2v) is 13.0. The summed E-state index contributed by atoms with van der Waals surface area (Å²) in [4.78, 5) is 29.2. The lowest BCUT2D eigenvalue weighted by molar-refractivity contribution is -0.139. The number of nitrogens with zero attached hydrogens (tertiary/aromatic N) is 2. The molecule has 0 aliphatic rings. The fourth-order valence-corrected chi connectivity index (χ4v) is 6.53. The molecule has 1 N–H and O–H groups in total. The first kappa shape index (κ1) is 33.8. The van der Waals surface area contributed by atoms with E-state index in [1.54, 1.807) is 54.6 Å². The molecule has 0 saturated carbocycles. The van der Waals surface area contributed by atoms with Gasteiger partial charge in [0, 0.05) is 20.0 Å². The number of amides is 2. The number of nitrogens with one attached hydrogen (secondary N) is 1. The van der Waals surface area contributed by atoms with Crippen molar-refractivity contribution in [3.8, 4) is 5.75 Å². The molecule has 0 aliphatic carbocycles. The van der Waals surface area contributed by atoms with Crippen molar-refractivity contribution in [2.24, 2.45) is 0 Å². The Balaban J connectivity index is 1.79. The molecule has 0 fully saturated rings. The number of benzene rings is 4. The number of carbonyl (C=O) groups excluding carboxylic acids is 2. The van der Waals surface area contributed by atoms with Crippen molar-refractivity contribution >= 4 is 50.7 Å². The van der Waals surface area contributed by atoms with Crippen LogP contribution in [0.4, 0.5) is 5.69 Å². The summed E-state index contributed by atoms with van der Waals surface area (Å²) in [5.74, 6) is -0.430. The highest BCUT2D eigenvalue weighted by Gasteiger charge is 2.34. The van der Waals surface area contributed by atoms with E-state index in [4.69, 9.17) is 27.9 Å². The van der Waals surface area contributed by atoms with Gasteiger partial charge in [0.05, 0.1) is 27.2 Å². The topological polar surface area (TPSA) is 96.0 Å². The minimum absolute atomic E-state index is 0.0255. The van der Waals surface area contributed by atoms with Crippen molar-refractivity contribution in [2.45, 2.75) is 37.8 Å². The number of anilines is 1. The molecule has 45 heavy (non-hydrogen) atoms. The van der Waals surface area contributed by atoms with Crippen LogP contribution in [-0.4, -0.2) is 51.4 Å². The van der Waals surface area contributed by atoms with Crippen LogP contribution in [0, 0.1) is 6.92 Å². The van der Waals surface area contributed by atoms with E-state index in [0.29, 0.717) is 28.0 Å². The SMILES string of the molecule is CCOc1ccc(N(CC(=O)N(Cc2ccc(Cl)c(Cl)c2)C(Cc2ccccc2)C(=O)NC)S(=O)(=O)c2ccc(C)cc2)cc1. The predicted octanol–water partition coefficient (Wildman–Crippen LogP) is 6.28. The van der Waals surface area contributed by atoms with Gasteiger partial charge in [-0.3, -0.25) is 13.9 Å². The Labute approximate surface area is 274 Å². The van der Waals surface area contributed by atoms with Gasteiger partial charge in [0.1, 0.15) is 18.3 Å². The molecular formula is C34H35Cl2N3O5S. The molecule has 11 heteroatoms. The average molecular weight is 669 g/mol. The maximum absolute atomic E-state index is 14.4. The van der Waals surface area contributed by atoms with Crippen LogP contribution in [0.3, 0.4) is 0 Å². The van der Waals surface area contributed by atoms with Gasteiger partial charge in [0.15, 0.2) is 0 Å². The van der Waals surface area contributed by atoms with E-state index in [0.717, 1.165) is 15.4 Å². The second kappa shape index (κ2) is 15.3. The van der Waals surface area contributed by atoms with E-state index in [1.807, 2.05) is 44.2 Å². The van der Waals surface area contributed by atoms with Gasteiger partial charge < -0.3 is 15.0 Å². The summed E-state index contributed by atoms with van der Waals surface area (Å²) in [5, 5.41) is 3.30. The summed E-state index contributed by atoms with van der Waals surface area (Å²) in [6.07, 6.45) is 0.196. The van der Waals surface area contributed by atoms with Crippen molar-refractivity contribution in [2.75, 3.05) is 24.5 Å². The zero-order chi connectivity index (χ0) is 32.6. The molecule has 0 saturated heterocycles. The molecule has 1 atom stereocenters. The van der Waals surface area contributed by atoms with Gasteiger partial charge >= 0.3 is 0 Å². The number of rotatable bonds is 13. The van der Waals surface area contributed by atoms with E-state index in [2.05, 4.69) is 5.32 Å². The first-order valence-electron chi connectivity index (χ1n) is 14.3. The van der Waals surface area contributed by atoms with Gasteiger partial charge in [0.2, 0.25) is 11.8 Å². The first-order valence-corrected chi connectivity index (χ1v) is 16.5. The zero-order valence-corrected chi connectivity index (χ0v) is 27.6. The molecule has 4 aromatic carbocycles. The summed E-state index contributed by atoms with van der Waals surface area (Å²) >= 11 is 12.5. The van der Waals surface area contributed by atoms with Crippen LogP contribution in [0.15, 0.2) is 102 Å². The van der Waals surface area contributed by atoms with Crippen LogP contribution in [0.25, 0.3) is 0 Å². The summed E-state index contributed by atoms with van der Waals surface area (Å²) < 4.78 is 34.8. The number of carbonyl (C=O) groups is 2. The molecule has 2 amide bonds. The molecular weight excluding hydrogens is 633 g/mol. The van der Waals surface area contributed by atoms with Crippen molar-refractivity contribution in [3.63, 3.8) is 0 Å². The number of aryl methyl sites for hydroxylation is 1. The molecule has 4 aromatic rings. The standard InChI is InChI=1S/C34H35Cl2N3O5S/c1-4-44-28-15-13-27(14-16-28)39(45(42,43)29-17-10-24(2)11-18-29)23-33(40)38(22-26-12-19-30(35)31(36)20-26)32(34(41)37-3)21-25-8-6-5-7-9-25/h5-20,32H,4,21-23H2,1-3H3,(H,37,41). The number of sulfonamides is 1. The number of halogens is 2. The Morgan fingerprint density at radius 1 is 0.867 bits per heavy atom. The molecule has 0 radical (unpaired) electrons. The maximum atomic E-state index is 14.4. The largest absolute Gasteiger partial charge is 0.494 e. The second-order valence-electron chi connectivity index (χ2n) is 10.3. The molecule has 0 aromatic heterocycles. The van der Waals surface area contributed by atoms with Crippen LogP contribution >= 0.6 is 23.2 Å². The fourth-order valence-electron chi connectivity index (χ4n) is 4.80. The highest BCUT2D eigenvalue weighted by atomic mass is 35.5. The lowest BCUT2D eigenvalue weighted by Gasteiger charge is -2.33. The summed E-state index contributed by atoms with van der Waals surface area (Å²) in [5.41, 5.74) is 2.60. The average Bonchev–Trinajstić information content (AvgIpc) is 3.04. The molecule has 236 valence electrons. The number of hydrogen-bond donors (Lipinski definition) is 1. The van der Waals surface area contributed by atoms with Crippen molar-refractivity contribution < 1.29 is 22.7 Å². The Kier molecular flexibility index (Phi) is 11.5. The summed E-state index contributed by atoms with van der Waals surface area (Å²) in [7, 11) is -2.72. The minimum atomic E-state index is -4.21. The molecule has 0 heterocycles. The van der Waals surface area contributed by atoms with E-state index in [1.165, 1.54) is 24.1 Å². The van der Waals surface area contributed by atoms with Gasteiger partial charge in [-0.2, -0.15) is 0 Å². The first-order chi connectivity index (χ1) is 21.5. The van der Waals surface area contributed by atoms with E-state index in [9.17, 15) is 18.0 Å². The Morgan fingerprint density at radius 2 is 1.53 bits per heavy atom. The van der Waals surface area contributed by atoms with Crippen LogP contribution in [0.1, 0.15) is 23.6 Å². The fraction of sp³-hybridized carbons (Fsp3) is 0.235. The number of hydrogen-bond acceptors (Lipinski definition) is 5. The third-order valence-corrected chi connectivity index (χ3v) is 9.71. The van der Waals surface area contributed by atoms with Gasteiger partial charge in [-0.25, -0.2) is 8.42 Å². The Bertz CT molecular complexity index is 1720. The molecule has 1 unspecified atom stereocenters. The van der Waals surface area contributed by atoms with Gasteiger partial charge in [-0.15, -0.1) is 0 Å². The lowest BCUT2D eigenvalue weighted by Crippen LogP contribution is -2.53. The van der Waals surface area contributed by atoms with Crippen LogP contribution in [-0.2, 0) is 32.6 Å². The molecule has 8 nitrogen and oxygen atoms in total. The molecule has 0 bridgehead atoms. The lowest BCUT2D eigenvalue weighted by atomic mass is 10.0. The highest BCUT2D eigenvalue weighted by Crippen LogP contribution is 2.28. The monoisotopic (exact) mass is 667 g/mol. The summed E-state index contributed by atoms with van der Waals surface area (Å²) in [6, 6.07) is 26.2. The maximum Gasteiger partial charge on any atom is 0.264 e. The van der Waals surface area contributed by atoms with E-state index < -0.39 is 34.4 Å². The van der Waals surface area contributed by atoms with Gasteiger partial charge in [-0.05, 0) is 73.5 Å². The highest BCUT2D eigenvalue weighted by molar-refractivity contribution is 7.92. The van der Waals surface area contributed by atoms with Crippen molar-refractivity contribution in [3.05, 3.63) is 124 Å². The number of likely N-dealkylation sites (N-methyl/N-ethyl adjacent to an activating group) is 1. The zero-order valence-electron chi connectivity index (χ0n) is 25.2. The van der Waals surface area contributed by atoms with Gasteiger partial charge in [-0.1, -0.05) is 77.3 Å². The molecule has 0 aliphatic heterocycles. The van der Waals surface area contributed by atoms with Crippen LogP contribution in [0.5, 0.6) is 5.75 Å². The smallest absolute Gasteiger partial charge is 0.264 e. The predicted molar refractivity (Wildman–Crippen MR) is 178 cm³/mol. The summed E-state index contributed by atoms with van der Waals surface area (Å²) in [6.45, 7) is 3.55. The normalized spacial score (nSPS) is 11.8. The molecule has 4 rings (SSSR count). The van der Waals surface area contributed by atoms with Crippen molar-refractivity contribution in [1.82, 2.24) is 10.2 Å². The molecule has 0 spiro atoms. The van der Waals surface area contributed by atoms with E-state index >= 15 is 0 Å². The Hall–Kier alpha value is -4.05. The van der Waals surface area contributed by atoms with E-state index in [-0.39, 0.29) is 23.5 Å². The Morgan fingerprint density at radius 3 is 2.13 bits per heavy atom. The third-order valence-electron chi connectivity index (χ3n) is 7.18. The van der Waals surface area contributed by atoms with Crippen LogP contribution < -0.4 is 14.4 Å². The quantitative estimate of drug-likeness (QED) is 0.181. The van der Waals surface area contributed by atoms with Gasteiger partial charge in [0.25, 0.3) is 10.0 Å². The number of ether oxygens (including phenoxy) is 1.